The molecule has 1 saturated heterocycles. The minimum Gasteiger partial charge on any atom is -0.480 e. The molecule has 1 aliphatic heterocycles. The Hall–Kier alpha value is -3.05. The lowest BCUT2D eigenvalue weighted by atomic mass is 10.0. The van der Waals surface area contributed by atoms with Crippen molar-refractivity contribution < 1.29 is 24.3 Å². The van der Waals surface area contributed by atoms with E-state index in [0.717, 1.165) is 16.5 Å². The van der Waals surface area contributed by atoms with Gasteiger partial charge in [-0.05, 0) is 43.2 Å². The molecular weight excluding hydrogens is 482 g/mol. The van der Waals surface area contributed by atoms with E-state index in [4.69, 9.17) is 5.73 Å². The Labute approximate surface area is 215 Å². The molecule has 4 atom stereocenters. The van der Waals surface area contributed by atoms with Crippen molar-refractivity contribution in [1.29, 1.82) is 0 Å². The smallest absolute Gasteiger partial charge is 0.326 e. The Kier molecular flexibility index (Phi) is 9.38. The molecule has 3 amide bonds. The number of aromatic nitrogens is 1. The molecule has 3 rings (SSSR count). The number of nitrogens with zero attached hydrogens (tertiary/aromatic N) is 1. The SMILES string of the molecule is CC(C)CC(NC(=O)C(N)Cc1c[nH]c2ccccc12)C(=O)NC(CS)C(=O)N1CCCC1C(=O)O. The van der Waals surface area contributed by atoms with Gasteiger partial charge in [0.15, 0.2) is 0 Å². The summed E-state index contributed by atoms with van der Waals surface area (Å²) in [4.78, 5) is 55.0. The lowest BCUT2D eigenvalue weighted by Crippen LogP contribution is -2.58. The Morgan fingerprint density at radius 3 is 2.53 bits per heavy atom. The maximum absolute atomic E-state index is 13.1. The van der Waals surface area contributed by atoms with Crippen LogP contribution in [0.5, 0.6) is 0 Å². The fraction of sp³-hybridized carbons (Fsp3) is 0.520. The minimum atomic E-state index is -1.07. The number of benzene rings is 1. The average molecular weight is 518 g/mol. The Morgan fingerprint density at radius 2 is 1.86 bits per heavy atom. The van der Waals surface area contributed by atoms with Crippen LogP contribution in [-0.4, -0.2) is 75.1 Å². The number of fused-ring (bicyclic) bond motifs is 1. The average Bonchev–Trinajstić information content (AvgIpc) is 3.49. The normalized spacial score (nSPS) is 18.1. The molecule has 1 aliphatic rings. The number of likely N-dealkylation sites (tertiary alicyclic amines) is 1. The predicted molar refractivity (Wildman–Crippen MR) is 140 cm³/mol. The number of carboxylic acids is 1. The number of hydrogen-bond acceptors (Lipinski definition) is 6. The maximum atomic E-state index is 13.1. The van der Waals surface area contributed by atoms with E-state index in [1.165, 1.54) is 4.90 Å². The molecule has 6 N–H and O–H groups in total. The first-order valence-electron chi connectivity index (χ1n) is 12.2. The molecule has 0 saturated carbocycles. The third-order valence-corrected chi connectivity index (χ3v) is 6.77. The fourth-order valence-electron chi connectivity index (χ4n) is 4.56. The minimum absolute atomic E-state index is 0.00413. The fourth-order valence-corrected chi connectivity index (χ4v) is 4.80. The molecule has 0 radical (unpaired) electrons. The Balaban J connectivity index is 1.66. The second kappa shape index (κ2) is 12.3. The van der Waals surface area contributed by atoms with Crippen LogP contribution in [0.15, 0.2) is 30.5 Å². The first kappa shape index (κ1) is 27.5. The molecule has 1 fully saturated rings. The second-order valence-corrected chi connectivity index (χ2v) is 10.00. The van der Waals surface area contributed by atoms with Gasteiger partial charge in [0.2, 0.25) is 17.7 Å². The Morgan fingerprint density at radius 1 is 1.17 bits per heavy atom. The molecule has 36 heavy (non-hydrogen) atoms. The zero-order chi connectivity index (χ0) is 26.4. The molecule has 0 bridgehead atoms. The Bertz CT molecular complexity index is 1100. The van der Waals surface area contributed by atoms with E-state index in [9.17, 15) is 24.3 Å². The number of thiol groups is 1. The van der Waals surface area contributed by atoms with Crippen molar-refractivity contribution in [2.24, 2.45) is 11.7 Å². The summed E-state index contributed by atoms with van der Waals surface area (Å²) in [6.07, 6.45) is 3.40. The van der Waals surface area contributed by atoms with Gasteiger partial charge < -0.3 is 31.4 Å². The van der Waals surface area contributed by atoms with E-state index in [1.807, 2.05) is 44.3 Å². The summed E-state index contributed by atoms with van der Waals surface area (Å²) in [5.41, 5.74) is 8.04. The number of carboxylic acid groups (broad SMARTS) is 1. The topological polar surface area (TPSA) is 158 Å². The highest BCUT2D eigenvalue weighted by atomic mass is 32.1. The van der Waals surface area contributed by atoms with Crippen molar-refractivity contribution in [2.45, 2.75) is 63.7 Å². The number of carbonyl (C=O) groups excluding carboxylic acids is 3. The number of H-pyrrole nitrogens is 1. The third kappa shape index (κ3) is 6.58. The van der Waals surface area contributed by atoms with Crippen molar-refractivity contribution in [3.63, 3.8) is 0 Å². The van der Waals surface area contributed by atoms with Gasteiger partial charge in [-0.25, -0.2) is 4.79 Å². The predicted octanol–water partition coefficient (Wildman–Crippen LogP) is 1.06. The van der Waals surface area contributed by atoms with Gasteiger partial charge in [0.05, 0.1) is 6.04 Å². The standard InChI is InChI=1S/C25H35N5O5S/c1-14(2)10-19(23(32)29-20(13-36)24(33)30-9-5-8-21(30)25(34)35)28-22(31)17(26)11-15-12-27-18-7-4-3-6-16(15)18/h3-4,6-7,12,14,17,19-21,27,36H,5,8-11,13,26H2,1-2H3,(H,28,31)(H,29,32)(H,34,35). The van der Waals surface area contributed by atoms with E-state index in [0.29, 0.717) is 25.8 Å². The summed E-state index contributed by atoms with van der Waals surface area (Å²) in [6.45, 7) is 4.15. The van der Waals surface area contributed by atoms with E-state index < -0.39 is 47.9 Å². The molecule has 0 aliphatic carbocycles. The summed E-state index contributed by atoms with van der Waals surface area (Å²) in [7, 11) is 0. The van der Waals surface area contributed by atoms with Crippen LogP contribution in [0.4, 0.5) is 0 Å². The third-order valence-electron chi connectivity index (χ3n) is 6.41. The van der Waals surface area contributed by atoms with Crippen molar-refractivity contribution in [3.05, 3.63) is 36.0 Å². The quantitative estimate of drug-likeness (QED) is 0.245. The van der Waals surface area contributed by atoms with Crippen molar-refractivity contribution in [3.8, 4) is 0 Å². The van der Waals surface area contributed by atoms with Crippen LogP contribution in [0.1, 0.15) is 38.7 Å². The number of rotatable bonds is 11. The van der Waals surface area contributed by atoms with E-state index in [2.05, 4.69) is 28.2 Å². The van der Waals surface area contributed by atoms with Gasteiger partial charge in [0.25, 0.3) is 0 Å². The van der Waals surface area contributed by atoms with Gasteiger partial charge in [0, 0.05) is 29.4 Å². The zero-order valence-corrected chi connectivity index (χ0v) is 21.5. The van der Waals surface area contributed by atoms with E-state index in [1.54, 1.807) is 0 Å². The first-order chi connectivity index (χ1) is 17.1. The van der Waals surface area contributed by atoms with Crippen LogP contribution in [-0.2, 0) is 25.6 Å². The van der Waals surface area contributed by atoms with Crippen LogP contribution in [0, 0.1) is 5.92 Å². The summed E-state index contributed by atoms with van der Waals surface area (Å²) in [5, 5.41) is 15.8. The molecule has 1 aromatic carbocycles. The van der Waals surface area contributed by atoms with Gasteiger partial charge in [0.1, 0.15) is 18.1 Å². The highest BCUT2D eigenvalue weighted by Gasteiger charge is 2.38. The van der Waals surface area contributed by atoms with Crippen LogP contribution in [0.2, 0.25) is 0 Å². The molecule has 11 heteroatoms. The van der Waals surface area contributed by atoms with Gasteiger partial charge in [-0.3, -0.25) is 14.4 Å². The highest BCUT2D eigenvalue weighted by molar-refractivity contribution is 7.80. The van der Waals surface area contributed by atoms with Crippen LogP contribution in [0.3, 0.4) is 0 Å². The van der Waals surface area contributed by atoms with Crippen LogP contribution < -0.4 is 16.4 Å². The first-order valence-corrected chi connectivity index (χ1v) is 12.8. The monoisotopic (exact) mass is 517 g/mol. The van der Waals surface area contributed by atoms with Gasteiger partial charge in [-0.15, -0.1) is 0 Å². The second-order valence-electron chi connectivity index (χ2n) is 9.63. The zero-order valence-electron chi connectivity index (χ0n) is 20.6. The van der Waals surface area contributed by atoms with Gasteiger partial charge >= 0.3 is 5.97 Å². The lowest BCUT2D eigenvalue weighted by Gasteiger charge is -2.28. The molecule has 1 aromatic heterocycles. The van der Waals surface area contributed by atoms with Crippen LogP contribution in [0.25, 0.3) is 10.9 Å². The number of carbonyl (C=O) groups is 4. The largest absolute Gasteiger partial charge is 0.480 e. The van der Waals surface area contributed by atoms with E-state index in [-0.39, 0.29) is 18.1 Å². The number of aromatic amines is 1. The highest BCUT2D eigenvalue weighted by Crippen LogP contribution is 2.20. The molecule has 2 aromatic rings. The van der Waals surface area contributed by atoms with Crippen molar-refractivity contribution >= 4 is 47.2 Å². The summed E-state index contributed by atoms with van der Waals surface area (Å²) in [6, 6.07) is 4.01. The number of hydrogen-bond donors (Lipinski definition) is 6. The summed E-state index contributed by atoms with van der Waals surface area (Å²) >= 11 is 4.20. The molecule has 0 spiro atoms. The number of para-hydroxylation sites is 1. The molecule has 196 valence electrons. The molecule has 10 nitrogen and oxygen atoms in total. The number of amides is 3. The molecule has 2 heterocycles. The van der Waals surface area contributed by atoms with Crippen molar-refractivity contribution in [2.75, 3.05) is 12.3 Å². The maximum Gasteiger partial charge on any atom is 0.326 e. The molecular formula is C25H35N5O5S. The van der Waals surface area contributed by atoms with Gasteiger partial charge in [-0.1, -0.05) is 32.0 Å². The van der Waals surface area contributed by atoms with Gasteiger partial charge in [-0.2, -0.15) is 12.6 Å². The number of aliphatic carboxylic acids is 1. The number of nitrogens with two attached hydrogens (primary N) is 1. The van der Waals surface area contributed by atoms with E-state index >= 15 is 0 Å². The lowest BCUT2D eigenvalue weighted by molar-refractivity contribution is -0.149. The summed E-state index contributed by atoms with van der Waals surface area (Å²) < 4.78 is 0. The van der Waals surface area contributed by atoms with Crippen molar-refractivity contribution in [1.82, 2.24) is 20.5 Å². The van der Waals surface area contributed by atoms with Crippen LogP contribution >= 0.6 is 12.6 Å². The number of nitrogens with one attached hydrogen (secondary N) is 3. The molecule has 4 unspecified atom stereocenters. The summed E-state index contributed by atoms with van der Waals surface area (Å²) in [5.74, 6) is -2.50.